The van der Waals surface area contributed by atoms with Crippen LogP contribution in [-0.2, 0) is 6.42 Å². The lowest BCUT2D eigenvalue weighted by Gasteiger charge is -1.98. The highest BCUT2D eigenvalue weighted by Crippen LogP contribution is 2.08. The average Bonchev–Trinajstić information content (AvgIpc) is 2.86. The standard InChI is InChI=1S/C15H16N2O2/c1-3-12-4-6-13(7-5-12)10-16-17-15(18)14-8-9-19-11(14)2/h4-10H,3H2,1-2H3,(H,17,18)/b16-10+. The molecule has 4 heteroatoms. The van der Waals surface area contributed by atoms with Crippen molar-refractivity contribution in [1.29, 1.82) is 0 Å². The van der Waals surface area contributed by atoms with Crippen LogP contribution in [0.2, 0.25) is 0 Å². The molecule has 0 bridgehead atoms. The number of rotatable bonds is 4. The zero-order valence-corrected chi connectivity index (χ0v) is 11.0. The third-order valence-electron chi connectivity index (χ3n) is 2.87. The number of hydrogen-bond acceptors (Lipinski definition) is 3. The molecule has 1 heterocycles. The minimum atomic E-state index is -0.271. The molecule has 19 heavy (non-hydrogen) atoms. The van der Waals surface area contributed by atoms with Gasteiger partial charge in [-0.1, -0.05) is 31.2 Å². The van der Waals surface area contributed by atoms with Crippen LogP contribution in [0, 0.1) is 6.92 Å². The molecule has 0 unspecified atom stereocenters. The summed E-state index contributed by atoms with van der Waals surface area (Å²) in [6, 6.07) is 9.65. The molecule has 1 aromatic carbocycles. The van der Waals surface area contributed by atoms with Gasteiger partial charge in [0.25, 0.3) is 5.91 Å². The van der Waals surface area contributed by atoms with E-state index in [1.807, 2.05) is 24.3 Å². The fraction of sp³-hybridized carbons (Fsp3) is 0.200. The Morgan fingerprint density at radius 1 is 1.32 bits per heavy atom. The number of benzene rings is 1. The quantitative estimate of drug-likeness (QED) is 0.675. The van der Waals surface area contributed by atoms with Crippen molar-refractivity contribution in [3.63, 3.8) is 0 Å². The van der Waals surface area contributed by atoms with Gasteiger partial charge in [0.05, 0.1) is 18.0 Å². The van der Waals surface area contributed by atoms with E-state index in [9.17, 15) is 4.79 Å². The van der Waals surface area contributed by atoms with Gasteiger partial charge in [-0.25, -0.2) is 5.43 Å². The van der Waals surface area contributed by atoms with Crippen LogP contribution in [0.5, 0.6) is 0 Å². The second kappa shape index (κ2) is 6.00. The van der Waals surface area contributed by atoms with Gasteiger partial charge < -0.3 is 4.42 Å². The Labute approximate surface area is 112 Å². The van der Waals surface area contributed by atoms with Gasteiger partial charge >= 0.3 is 0 Å². The highest BCUT2D eigenvalue weighted by molar-refractivity contribution is 5.95. The Morgan fingerprint density at radius 2 is 2.05 bits per heavy atom. The summed E-state index contributed by atoms with van der Waals surface area (Å²) in [4.78, 5) is 11.7. The highest BCUT2D eigenvalue weighted by atomic mass is 16.3. The molecule has 0 saturated heterocycles. The van der Waals surface area contributed by atoms with Crippen molar-refractivity contribution in [1.82, 2.24) is 5.43 Å². The first kappa shape index (κ1) is 13.1. The van der Waals surface area contributed by atoms with Gasteiger partial charge in [0.1, 0.15) is 5.76 Å². The van der Waals surface area contributed by atoms with Gasteiger partial charge in [-0.2, -0.15) is 5.10 Å². The van der Waals surface area contributed by atoms with Gasteiger partial charge in [0, 0.05) is 0 Å². The van der Waals surface area contributed by atoms with Gasteiger partial charge in [0.2, 0.25) is 0 Å². The molecule has 0 aliphatic rings. The summed E-state index contributed by atoms with van der Waals surface area (Å²) < 4.78 is 5.06. The van der Waals surface area contributed by atoms with E-state index in [1.165, 1.54) is 11.8 Å². The van der Waals surface area contributed by atoms with Crippen LogP contribution in [0.15, 0.2) is 46.1 Å². The van der Waals surface area contributed by atoms with Crippen molar-refractivity contribution >= 4 is 12.1 Å². The fourth-order valence-corrected chi connectivity index (χ4v) is 1.69. The van der Waals surface area contributed by atoms with E-state index in [2.05, 4.69) is 17.5 Å². The molecular weight excluding hydrogens is 240 g/mol. The number of nitrogens with zero attached hydrogens (tertiary/aromatic N) is 1. The topological polar surface area (TPSA) is 54.6 Å². The fourth-order valence-electron chi connectivity index (χ4n) is 1.69. The Morgan fingerprint density at radius 3 is 2.63 bits per heavy atom. The predicted molar refractivity (Wildman–Crippen MR) is 74.3 cm³/mol. The molecule has 98 valence electrons. The van der Waals surface area contributed by atoms with Gasteiger partial charge in [-0.15, -0.1) is 0 Å². The van der Waals surface area contributed by atoms with Crippen LogP contribution in [-0.4, -0.2) is 12.1 Å². The Bertz CT molecular complexity index is 582. The van der Waals surface area contributed by atoms with E-state index >= 15 is 0 Å². The lowest BCUT2D eigenvalue weighted by molar-refractivity contribution is 0.0953. The van der Waals surface area contributed by atoms with Gasteiger partial charge in [-0.3, -0.25) is 4.79 Å². The predicted octanol–water partition coefficient (Wildman–Crippen LogP) is 2.91. The number of nitrogens with one attached hydrogen (secondary N) is 1. The number of hydrogen-bond donors (Lipinski definition) is 1. The SMILES string of the molecule is CCc1ccc(/C=N/NC(=O)c2ccoc2C)cc1. The molecule has 0 saturated carbocycles. The minimum Gasteiger partial charge on any atom is -0.469 e. The van der Waals surface area contributed by atoms with E-state index in [0.717, 1.165) is 12.0 Å². The zero-order chi connectivity index (χ0) is 13.7. The van der Waals surface area contributed by atoms with E-state index in [0.29, 0.717) is 11.3 Å². The Kier molecular flexibility index (Phi) is 4.13. The van der Waals surface area contributed by atoms with Crippen LogP contribution in [0.25, 0.3) is 0 Å². The normalized spacial score (nSPS) is 10.8. The summed E-state index contributed by atoms with van der Waals surface area (Å²) in [5.74, 6) is 0.313. The molecule has 4 nitrogen and oxygen atoms in total. The lowest BCUT2D eigenvalue weighted by Crippen LogP contribution is -2.17. The maximum absolute atomic E-state index is 11.7. The van der Waals surface area contributed by atoms with Crippen molar-refractivity contribution < 1.29 is 9.21 Å². The van der Waals surface area contributed by atoms with E-state index in [1.54, 1.807) is 19.2 Å². The summed E-state index contributed by atoms with van der Waals surface area (Å²) in [6.45, 7) is 3.85. The van der Waals surface area contributed by atoms with Crippen molar-refractivity contribution in [3.8, 4) is 0 Å². The molecule has 1 N–H and O–H groups in total. The van der Waals surface area contributed by atoms with E-state index < -0.39 is 0 Å². The third kappa shape index (κ3) is 3.31. The largest absolute Gasteiger partial charge is 0.469 e. The lowest BCUT2D eigenvalue weighted by atomic mass is 10.1. The van der Waals surface area contributed by atoms with Crippen LogP contribution >= 0.6 is 0 Å². The zero-order valence-electron chi connectivity index (χ0n) is 11.0. The van der Waals surface area contributed by atoms with Crippen LogP contribution in [0.4, 0.5) is 0 Å². The maximum Gasteiger partial charge on any atom is 0.274 e. The minimum absolute atomic E-state index is 0.271. The summed E-state index contributed by atoms with van der Waals surface area (Å²) >= 11 is 0. The molecule has 0 spiro atoms. The Hall–Kier alpha value is -2.36. The average molecular weight is 256 g/mol. The number of hydrazone groups is 1. The number of carbonyl (C=O) groups excluding carboxylic acids is 1. The van der Waals surface area contributed by atoms with Crippen molar-refractivity contribution in [3.05, 3.63) is 59.0 Å². The van der Waals surface area contributed by atoms with Crippen LogP contribution in [0.3, 0.4) is 0 Å². The summed E-state index contributed by atoms with van der Waals surface area (Å²) in [5.41, 5.74) is 5.19. The molecule has 0 fully saturated rings. The summed E-state index contributed by atoms with van der Waals surface area (Å²) in [5, 5.41) is 3.93. The first-order valence-corrected chi connectivity index (χ1v) is 6.17. The molecule has 0 aliphatic heterocycles. The molecule has 0 atom stereocenters. The summed E-state index contributed by atoms with van der Waals surface area (Å²) in [6.07, 6.45) is 4.11. The van der Waals surface area contributed by atoms with Gasteiger partial charge in [0.15, 0.2) is 0 Å². The first-order chi connectivity index (χ1) is 9.20. The van der Waals surface area contributed by atoms with E-state index in [-0.39, 0.29) is 5.91 Å². The van der Waals surface area contributed by atoms with Crippen molar-refractivity contribution in [2.75, 3.05) is 0 Å². The van der Waals surface area contributed by atoms with Crippen molar-refractivity contribution in [2.24, 2.45) is 5.10 Å². The van der Waals surface area contributed by atoms with Crippen molar-refractivity contribution in [2.45, 2.75) is 20.3 Å². The molecule has 1 aromatic heterocycles. The summed E-state index contributed by atoms with van der Waals surface area (Å²) in [7, 11) is 0. The number of carbonyl (C=O) groups is 1. The van der Waals surface area contributed by atoms with E-state index in [4.69, 9.17) is 4.42 Å². The second-order valence-corrected chi connectivity index (χ2v) is 4.18. The number of aryl methyl sites for hydroxylation is 2. The molecule has 1 amide bonds. The second-order valence-electron chi connectivity index (χ2n) is 4.18. The Balaban J connectivity index is 1.96. The highest BCUT2D eigenvalue weighted by Gasteiger charge is 2.09. The molecule has 0 aliphatic carbocycles. The molecule has 2 rings (SSSR count). The molecule has 0 radical (unpaired) electrons. The maximum atomic E-state index is 11.7. The molecular formula is C15H16N2O2. The molecule has 2 aromatic rings. The smallest absolute Gasteiger partial charge is 0.274 e. The first-order valence-electron chi connectivity index (χ1n) is 6.17. The van der Waals surface area contributed by atoms with Gasteiger partial charge in [-0.05, 0) is 30.5 Å². The van der Waals surface area contributed by atoms with Crippen LogP contribution < -0.4 is 5.43 Å². The monoisotopic (exact) mass is 256 g/mol. The number of amides is 1. The third-order valence-corrected chi connectivity index (χ3v) is 2.87. The number of furan rings is 1. The van der Waals surface area contributed by atoms with Crippen LogP contribution in [0.1, 0.15) is 34.2 Å².